The van der Waals surface area contributed by atoms with Gasteiger partial charge in [0.15, 0.2) is 0 Å². The number of fused-ring (bicyclic) bond motifs is 1. The number of benzene rings is 2. The Morgan fingerprint density at radius 2 is 1.68 bits per heavy atom. The van der Waals surface area contributed by atoms with Crippen molar-refractivity contribution in [1.82, 2.24) is 14.8 Å². The Morgan fingerprint density at radius 1 is 0.947 bits per heavy atom. The van der Waals surface area contributed by atoms with Gasteiger partial charge >= 0.3 is 6.18 Å². The molecule has 3 aromatic rings. The average Bonchev–Trinajstić information content (AvgIpc) is 3.68. The molecule has 7 nitrogen and oxygen atoms in total. The van der Waals surface area contributed by atoms with E-state index < -0.39 is 11.7 Å². The molecule has 0 aliphatic carbocycles. The van der Waals surface area contributed by atoms with Gasteiger partial charge in [-0.05, 0) is 54.4 Å². The monoisotopic (exact) mass is 541 g/mol. The minimum atomic E-state index is -4.36. The Bertz CT molecular complexity index is 1340. The molecule has 0 saturated carbocycles. The van der Waals surface area contributed by atoms with E-state index in [1.807, 2.05) is 32.9 Å². The van der Waals surface area contributed by atoms with Crippen LogP contribution in [-0.2, 0) is 17.4 Å². The molecule has 1 atom stereocenters. The van der Waals surface area contributed by atoms with Gasteiger partial charge in [0.2, 0.25) is 5.91 Å². The highest BCUT2D eigenvalue weighted by molar-refractivity contribution is 7.07. The minimum Gasteiger partial charge on any atom is -0.341 e. The Morgan fingerprint density at radius 3 is 2.37 bits per heavy atom. The zero-order valence-corrected chi connectivity index (χ0v) is 21.3. The van der Waals surface area contributed by atoms with E-state index in [0.717, 1.165) is 35.5 Å². The lowest BCUT2D eigenvalue weighted by atomic mass is 10.1. The van der Waals surface area contributed by atoms with Crippen LogP contribution in [0, 0.1) is 0 Å². The standard InChI is InChI=1S/C27H26F3N5O2S/c28-27(29,30)19-1-3-20(4-2-19)34-8-7-18-13-21(5-6-24(18)34)35-15-22(14-25(35)36)32-9-11-33(12-10-32)26(37)23-16-38-17-31-23/h1-6,13,16-17,22H,7-12,14-15H2. The predicted molar refractivity (Wildman–Crippen MR) is 139 cm³/mol. The fourth-order valence-corrected chi connectivity index (χ4v) is 6.13. The number of piperazine rings is 1. The molecule has 2 saturated heterocycles. The number of rotatable bonds is 4. The molecule has 0 spiro atoms. The van der Waals surface area contributed by atoms with Crippen LogP contribution in [0.1, 0.15) is 28.0 Å². The third-order valence-electron chi connectivity index (χ3n) is 7.65. The maximum Gasteiger partial charge on any atom is 0.416 e. The zero-order valence-electron chi connectivity index (χ0n) is 20.5. The maximum absolute atomic E-state index is 13.0. The average molecular weight is 542 g/mol. The van der Waals surface area contributed by atoms with E-state index >= 15 is 0 Å². The molecule has 2 aromatic carbocycles. The van der Waals surface area contributed by atoms with E-state index in [1.54, 1.807) is 10.9 Å². The molecule has 2 amide bonds. The molecule has 1 aromatic heterocycles. The first-order chi connectivity index (χ1) is 18.3. The molecule has 11 heteroatoms. The van der Waals surface area contributed by atoms with Crippen molar-refractivity contribution in [2.24, 2.45) is 0 Å². The number of alkyl halides is 3. The normalized spacial score (nSPS) is 20.3. The quantitative estimate of drug-likeness (QED) is 0.490. The van der Waals surface area contributed by atoms with Crippen LogP contribution >= 0.6 is 11.3 Å². The highest BCUT2D eigenvalue weighted by Crippen LogP contribution is 2.39. The van der Waals surface area contributed by atoms with Gasteiger partial charge < -0.3 is 14.7 Å². The molecular formula is C27H26F3N5O2S. The van der Waals surface area contributed by atoms with E-state index in [4.69, 9.17) is 0 Å². The van der Waals surface area contributed by atoms with Crippen molar-refractivity contribution in [2.75, 3.05) is 49.1 Å². The number of aromatic nitrogens is 1. The van der Waals surface area contributed by atoms with Crippen molar-refractivity contribution in [3.05, 3.63) is 70.2 Å². The molecule has 4 heterocycles. The SMILES string of the molecule is O=C(c1cscn1)N1CCN(C2CC(=O)N(c3ccc4c(c3)CCN4c3ccc(C(F)(F)F)cc3)C2)CC1. The van der Waals surface area contributed by atoms with Gasteiger partial charge in [-0.2, -0.15) is 13.2 Å². The van der Waals surface area contributed by atoms with E-state index in [9.17, 15) is 22.8 Å². The van der Waals surface area contributed by atoms with Crippen molar-refractivity contribution in [1.29, 1.82) is 0 Å². The summed E-state index contributed by atoms with van der Waals surface area (Å²) in [6, 6.07) is 11.2. The Kier molecular flexibility index (Phi) is 6.35. The number of carbonyl (C=O) groups excluding carboxylic acids is 2. The lowest BCUT2D eigenvalue weighted by Gasteiger charge is -2.37. The number of anilines is 3. The Balaban J connectivity index is 1.10. The summed E-state index contributed by atoms with van der Waals surface area (Å²) in [4.78, 5) is 37.6. The van der Waals surface area contributed by atoms with Gasteiger partial charge in [0.25, 0.3) is 5.91 Å². The van der Waals surface area contributed by atoms with Gasteiger partial charge in [0, 0.05) is 74.2 Å². The third kappa shape index (κ3) is 4.64. The molecule has 0 N–H and O–H groups in total. The van der Waals surface area contributed by atoms with Crippen molar-refractivity contribution >= 4 is 40.2 Å². The van der Waals surface area contributed by atoms with Crippen LogP contribution in [0.5, 0.6) is 0 Å². The number of thiazole rings is 1. The highest BCUT2D eigenvalue weighted by Gasteiger charge is 2.37. The summed E-state index contributed by atoms with van der Waals surface area (Å²) < 4.78 is 38.8. The molecular weight excluding hydrogens is 515 g/mol. The summed E-state index contributed by atoms with van der Waals surface area (Å²) in [5, 5.41) is 1.77. The number of halogens is 3. The molecule has 3 aliphatic rings. The van der Waals surface area contributed by atoms with Gasteiger partial charge in [-0.15, -0.1) is 11.3 Å². The Labute approximate surface area is 222 Å². The van der Waals surface area contributed by atoms with Crippen molar-refractivity contribution in [2.45, 2.75) is 25.1 Å². The third-order valence-corrected chi connectivity index (χ3v) is 8.24. The summed E-state index contributed by atoms with van der Waals surface area (Å²) in [5.41, 5.74) is 5.08. The topological polar surface area (TPSA) is 60.0 Å². The smallest absolute Gasteiger partial charge is 0.341 e. The fraction of sp³-hybridized carbons (Fsp3) is 0.370. The van der Waals surface area contributed by atoms with Gasteiger partial charge in [0.1, 0.15) is 5.69 Å². The van der Waals surface area contributed by atoms with Crippen LogP contribution in [0.3, 0.4) is 0 Å². The number of nitrogens with zero attached hydrogens (tertiary/aromatic N) is 5. The zero-order chi connectivity index (χ0) is 26.4. The second-order valence-electron chi connectivity index (χ2n) is 9.82. The summed E-state index contributed by atoms with van der Waals surface area (Å²) in [6.45, 7) is 3.92. The van der Waals surface area contributed by atoms with Crippen LogP contribution in [0.4, 0.5) is 30.2 Å². The second-order valence-corrected chi connectivity index (χ2v) is 10.5. The summed E-state index contributed by atoms with van der Waals surface area (Å²) in [5.74, 6) is 0.0343. The molecule has 1 unspecified atom stereocenters. The summed E-state index contributed by atoms with van der Waals surface area (Å²) in [6.07, 6.45) is -3.16. The van der Waals surface area contributed by atoms with E-state index in [-0.39, 0.29) is 17.9 Å². The predicted octanol–water partition coefficient (Wildman–Crippen LogP) is 4.42. The Hall–Kier alpha value is -3.44. The van der Waals surface area contributed by atoms with Crippen LogP contribution < -0.4 is 9.80 Å². The van der Waals surface area contributed by atoms with Crippen molar-refractivity contribution < 1.29 is 22.8 Å². The maximum atomic E-state index is 13.0. The molecule has 3 aliphatic heterocycles. The molecule has 6 rings (SSSR count). The van der Waals surface area contributed by atoms with Gasteiger partial charge in [-0.1, -0.05) is 0 Å². The second kappa shape index (κ2) is 9.70. The largest absolute Gasteiger partial charge is 0.416 e. The van der Waals surface area contributed by atoms with Crippen LogP contribution in [0.15, 0.2) is 53.4 Å². The summed E-state index contributed by atoms with van der Waals surface area (Å²) >= 11 is 1.41. The lowest BCUT2D eigenvalue weighted by Crippen LogP contribution is -2.52. The van der Waals surface area contributed by atoms with Gasteiger partial charge in [-0.3, -0.25) is 14.5 Å². The number of hydrogen-bond donors (Lipinski definition) is 0. The fourth-order valence-electron chi connectivity index (χ4n) is 5.61. The van der Waals surface area contributed by atoms with Crippen LogP contribution in [0.2, 0.25) is 0 Å². The van der Waals surface area contributed by atoms with Gasteiger partial charge in [-0.25, -0.2) is 4.98 Å². The molecule has 198 valence electrons. The van der Waals surface area contributed by atoms with E-state index in [0.29, 0.717) is 57.1 Å². The van der Waals surface area contributed by atoms with Crippen molar-refractivity contribution in [3.63, 3.8) is 0 Å². The first-order valence-electron chi connectivity index (χ1n) is 12.6. The molecule has 0 bridgehead atoms. The lowest BCUT2D eigenvalue weighted by molar-refractivity contribution is -0.137. The van der Waals surface area contributed by atoms with Crippen molar-refractivity contribution in [3.8, 4) is 0 Å². The van der Waals surface area contributed by atoms with Gasteiger partial charge in [0.05, 0.1) is 11.1 Å². The highest BCUT2D eigenvalue weighted by atomic mass is 32.1. The first-order valence-corrected chi connectivity index (χ1v) is 13.5. The first kappa shape index (κ1) is 24.9. The van der Waals surface area contributed by atoms with E-state index in [1.165, 1.54) is 23.5 Å². The molecule has 2 fully saturated rings. The summed E-state index contributed by atoms with van der Waals surface area (Å²) in [7, 11) is 0. The number of amides is 2. The minimum absolute atomic E-state index is 0.0431. The van der Waals surface area contributed by atoms with E-state index in [2.05, 4.69) is 9.88 Å². The van der Waals surface area contributed by atoms with Crippen LogP contribution in [0.25, 0.3) is 0 Å². The number of hydrogen-bond acceptors (Lipinski definition) is 6. The number of carbonyl (C=O) groups is 2. The van der Waals surface area contributed by atoms with Crippen LogP contribution in [-0.4, -0.2) is 71.9 Å². The molecule has 0 radical (unpaired) electrons. The molecule has 38 heavy (non-hydrogen) atoms.